The number of ether oxygens (including phenoxy) is 1. The number of fused-ring (bicyclic) bond motifs is 1. The molecule has 3 rings (SSSR count). The molecule has 1 atom stereocenters. The Morgan fingerprint density at radius 2 is 2.00 bits per heavy atom. The number of halogens is 2. The molecule has 140 valence electrons. The van der Waals surface area contributed by atoms with E-state index in [4.69, 9.17) is 27.9 Å². The van der Waals surface area contributed by atoms with Gasteiger partial charge in [-0.05, 0) is 29.2 Å². The van der Waals surface area contributed by atoms with E-state index >= 15 is 0 Å². The molecule has 2 N–H and O–H groups in total. The van der Waals surface area contributed by atoms with Crippen LogP contribution in [0.1, 0.15) is 16.7 Å². The summed E-state index contributed by atoms with van der Waals surface area (Å²) in [4.78, 5) is 24.0. The zero-order chi connectivity index (χ0) is 19.4. The number of rotatable bonds is 7. The van der Waals surface area contributed by atoms with Crippen LogP contribution in [0.4, 0.5) is 0 Å². The third kappa shape index (κ3) is 4.23. The summed E-state index contributed by atoms with van der Waals surface area (Å²) in [7, 11) is 0. The molecule has 1 unspecified atom stereocenters. The molecule has 0 amide bonds. The van der Waals surface area contributed by atoms with E-state index in [-0.39, 0.29) is 18.9 Å². The predicted molar refractivity (Wildman–Crippen MR) is 102 cm³/mol. The molecule has 27 heavy (non-hydrogen) atoms. The highest BCUT2D eigenvalue weighted by Crippen LogP contribution is 2.31. The first-order valence-electron chi connectivity index (χ1n) is 8.14. The molecule has 8 heteroatoms. The number of carbonyl (C=O) groups excluding carboxylic acids is 1. The number of carboxylic acid groups (broad SMARTS) is 1. The maximum absolute atomic E-state index is 12.4. The fraction of sp³-hybridized carbons (Fsp3) is 0.211. The lowest BCUT2D eigenvalue weighted by Crippen LogP contribution is -2.28. The van der Waals surface area contributed by atoms with Crippen LogP contribution >= 0.6 is 23.2 Å². The number of hydrogen-bond donors (Lipinski definition) is 2. The van der Waals surface area contributed by atoms with Crippen molar-refractivity contribution in [2.75, 3.05) is 0 Å². The van der Waals surface area contributed by atoms with Crippen LogP contribution in [0.3, 0.4) is 0 Å². The van der Waals surface area contributed by atoms with Crippen LogP contribution in [-0.4, -0.2) is 27.2 Å². The topological polar surface area (TPSA) is 92.3 Å². The summed E-state index contributed by atoms with van der Waals surface area (Å²) in [5.41, 5.74) is 2.66. The highest BCUT2D eigenvalue weighted by molar-refractivity contribution is 6.35. The molecule has 1 aromatic heterocycles. The van der Waals surface area contributed by atoms with Crippen LogP contribution in [-0.2, 0) is 33.2 Å². The summed E-state index contributed by atoms with van der Waals surface area (Å²) >= 11 is 12.3. The average molecular weight is 407 g/mol. The first kappa shape index (κ1) is 19.2. The second kappa shape index (κ2) is 8.41. The lowest BCUT2D eigenvalue weighted by atomic mass is 9.94. The third-order valence-corrected chi connectivity index (χ3v) is 4.82. The molecule has 2 aromatic carbocycles. The second-order valence-corrected chi connectivity index (χ2v) is 6.65. The normalized spacial score (nSPS) is 12.1. The summed E-state index contributed by atoms with van der Waals surface area (Å²) in [6, 6.07) is 10.7. The number of H-pyrrole nitrogens is 1. The number of carboxylic acids is 1. The van der Waals surface area contributed by atoms with Crippen LogP contribution in [0, 0.1) is 5.92 Å². The van der Waals surface area contributed by atoms with Crippen molar-refractivity contribution in [1.82, 2.24) is 10.2 Å². The zero-order valence-corrected chi connectivity index (χ0v) is 15.6. The van der Waals surface area contributed by atoms with Gasteiger partial charge < -0.3 is 9.84 Å². The van der Waals surface area contributed by atoms with Crippen molar-refractivity contribution >= 4 is 46.0 Å². The number of carbonyl (C=O) groups is 2. The summed E-state index contributed by atoms with van der Waals surface area (Å²) in [5, 5.41) is 17.3. The van der Waals surface area contributed by atoms with Gasteiger partial charge in [0.1, 0.15) is 6.61 Å². The first-order valence-corrected chi connectivity index (χ1v) is 9.05. The third-order valence-electron chi connectivity index (χ3n) is 4.26. The molecule has 0 bridgehead atoms. The summed E-state index contributed by atoms with van der Waals surface area (Å²) < 4.78 is 5.20. The van der Waals surface area contributed by atoms with Crippen molar-refractivity contribution < 1.29 is 19.4 Å². The number of benzene rings is 2. The molecule has 3 aromatic rings. The molecule has 0 saturated heterocycles. The van der Waals surface area contributed by atoms with Crippen molar-refractivity contribution in [1.29, 1.82) is 0 Å². The van der Waals surface area contributed by atoms with Crippen molar-refractivity contribution in [3.63, 3.8) is 0 Å². The van der Waals surface area contributed by atoms with Crippen LogP contribution in [0.25, 0.3) is 10.9 Å². The number of nitrogens with one attached hydrogen (secondary N) is 1. The number of aliphatic carboxylic acids is 1. The Kier molecular flexibility index (Phi) is 5.98. The summed E-state index contributed by atoms with van der Waals surface area (Å²) in [6.45, 7) is 0.00728. The van der Waals surface area contributed by atoms with E-state index < -0.39 is 17.9 Å². The largest absolute Gasteiger partial charge is 0.481 e. The monoisotopic (exact) mass is 406 g/mol. The quantitative estimate of drug-likeness (QED) is 0.352. The van der Waals surface area contributed by atoms with E-state index in [0.29, 0.717) is 27.1 Å². The SMILES string of the molecule is O=C(O)C(Cc1cc(Cl)c2[nH]ncc2c1CCl)C(=O)OCc1ccccc1. The van der Waals surface area contributed by atoms with E-state index in [2.05, 4.69) is 10.2 Å². The highest BCUT2D eigenvalue weighted by atomic mass is 35.5. The van der Waals surface area contributed by atoms with Gasteiger partial charge in [-0.25, -0.2) is 0 Å². The number of esters is 1. The van der Waals surface area contributed by atoms with Gasteiger partial charge in [0.15, 0.2) is 5.92 Å². The van der Waals surface area contributed by atoms with Gasteiger partial charge in [-0.1, -0.05) is 41.9 Å². The molecule has 0 radical (unpaired) electrons. The van der Waals surface area contributed by atoms with E-state index in [0.717, 1.165) is 5.56 Å². The van der Waals surface area contributed by atoms with Crippen molar-refractivity contribution in [2.45, 2.75) is 18.9 Å². The van der Waals surface area contributed by atoms with Crippen LogP contribution in [0.2, 0.25) is 5.02 Å². The molecule has 1 heterocycles. The van der Waals surface area contributed by atoms with Crippen LogP contribution < -0.4 is 0 Å². The molecule has 0 fully saturated rings. The fourth-order valence-corrected chi connectivity index (χ4v) is 3.43. The van der Waals surface area contributed by atoms with Crippen LogP contribution in [0.5, 0.6) is 0 Å². The summed E-state index contributed by atoms with van der Waals surface area (Å²) in [6.07, 6.45) is 1.50. The molecular weight excluding hydrogens is 391 g/mol. The number of alkyl halides is 1. The number of nitrogens with zero attached hydrogens (tertiary/aromatic N) is 1. The average Bonchev–Trinajstić information content (AvgIpc) is 3.15. The van der Waals surface area contributed by atoms with Gasteiger partial charge in [0.25, 0.3) is 0 Å². The predicted octanol–water partition coefficient (Wildman–Crippen LogP) is 3.94. The Labute approximate surface area is 165 Å². The minimum atomic E-state index is -1.36. The Balaban J connectivity index is 1.83. The van der Waals surface area contributed by atoms with Gasteiger partial charge in [0, 0.05) is 11.3 Å². The Bertz CT molecular complexity index is 973. The molecule has 0 saturated carbocycles. The highest BCUT2D eigenvalue weighted by Gasteiger charge is 2.30. The molecular formula is C19H16Cl2N2O4. The molecule has 0 aliphatic heterocycles. The van der Waals surface area contributed by atoms with E-state index in [1.165, 1.54) is 0 Å². The number of hydrogen-bond acceptors (Lipinski definition) is 4. The molecule has 6 nitrogen and oxygen atoms in total. The van der Waals surface area contributed by atoms with E-state index in [1.54, 1.807) is 24.4 Å². The van der Waals surface area contributed by atoms with Crippen molar-refractivity contribution in [3.8, 4) is 0 Å². The smallest absolute Gasteiger partial charge is 0.320 e. The molecule has 0 aliphatic carbocycles. The lowest BCUT2D eigenvalue weighted by molar-refractivity contribution is -0.159. The van der Waals surface area contributed by atoms with Crippen LogP contribution in [0.15, 0.2) is 42.6 Å². The molecule has 0 spiro atoms. The van der Waals surface area contributed by atoms with E-state index in [9.17, 15) is 14.7 Å². The first-order chi connectivity index (χ1) is 13.0. The van der Waals surface area contributed by atoms with Gasteiger partial charge in [0.2, 0.25) is 0 Å². The van der Waals surface area contributed by atoms with Gasteiger partial charge in [-0.2, -0.15) is 5.10 Å². The van der Waals surface area contributed by atoms with Gasteiger partial charge in [-0.3, -0.25) is 14.7 Å². The minimum Gasteiger partial charge on any atom is -0.481 e. The fourth-order valence-electron chi connectivity index (χ4n) is 2.84. The Morgan fingerprint density at radius 1 is 1.26 bits per heavy atom. The maximum Gasteiger partial charge on any atom is 0.320 e. The number of aromatic nitrogens is 2. The zero-order valence-electron chi connectivity index (χ0n) is 14.1. The summed E-state index contributed by atoms with van der Waals surface area (Å²) in [5.74, 6) is -3.31. The molecule has 0 aliphatic rings. The van der Waals surface area contributed by atoms with Gasteiger partial charge in [0.05, 0.1) is 16.7 Å². The Hall–Kier alpha value is -2.57. The standard InChI is InChI=1S/C19H16Cl2N2O4/c20-8-14-12(7-16(21)17-15(14)9-22-23-17)6-13(18(24)25)19(26)27-10-11-4-2-1-3-5-11/h1-5,7,9,13H,6,8,10H2,(H,22,23)(H,24,25). The Morgan fingerprint density at radius 3 is 2.67 bits per heavy atom. The second-order valence-electron chi connectivity index (χ2n) is 5.98. The number of aromatic amines is 1. The van der Waals surface area contributed by atoms with Gasteiger partial charge in [-0.15, -0.1) is 11.6 Å². The van der Waals surface area contributed by atoms with Crippen molar-refractivity contribution in [3.05, 3.63) is 64.3 Å². The maximum atomic E-state index is 12.4. The van der Waals surface area contributed by atoms with E-state index in [1.807, 2.05) is 18.2 Å². The lowest BCUT2D eigenvalue weighted by Gasteiger charge is -2.15. The minimum absolute atomic E-state index is 0.00728. The van der Waals surface area contributed by atoms with Gasteiger partial charge >= 0.3 is 11.9 Å². The van der Waals surface area contributed by atoms with Crippen molar-refractivity contribution in [2.24, 2.45) is 5.92 Å².